The molecule has 1 aliphatic rings. The molecule has 2 aromatic rings. The second-order valence-corrected chi connectivity index (χ2v) is 7.85. The van der Waals surface area contributed by atoms with E-state index in [1.165, 1.54) is 5.56 Å². The van der Waals surface area contributed by atoms with Crippen molar-refractivity contribution in [2.24, 2.45) is 11.0 Å². The van der Waals surface area contributed by atoms with Crippen LogP contribution in [0.4, 0.5) is 0 Å². The number of benzene rings is 2. The van der Waals surface area contributed by atoms with Gasteiger partial charge in [-0.3, -0.25) is 9.69 Å². The molecule has 1 N–H and O–H groups in total. The smallest absolute Gasteiger partial charge is 0.243 e. The van der Waals surface area contributed by atoms with Gasteiger partial charge in [-0.1, -0.05) is 65.3 Å². The second kappa shape index (κ2) is 9.81. The van der Waals surface area contributed by atoms with Crippen molar-refractivity contribution in [1.82, 2.24) is 10.3 Å². The average Bonchev–Trinajstić information content (AvgIpc) is 2.71. The van der Waals surface area contributed by atoms with E-state index in [9.17, 15) is 4.79 Å². The van der Waals surface area contributed by atoms with E-state index in [-0.39, 0.29) is 11.8 Å². The molecule has 5 heteroatoms. The maximum absolute atomic E-state index is 12.5. The minimum Gasteiger partial charge on any atom is -0.299 e. The molecule has 1 amide bonds. The standard InChI is InChI=1S/C22H26BrN3O/c1-2-21(18-6-4-3-5-7-18)24-25-22(27)19-12-14-26(15-13-19)16-17-8-10-20(23)11-9-17/h3-11,19H,2,12-16H2,1H3,(H,25,27)/b24-21-. The van der Waals surface area contributed by atoms with E-state index in [2.05, 4.69) is 62.5 Å². The van der Waals surface area contributed by atoms with Crippen LogP contribution in [0.25, 0.3) is 0 Å². The number of amides is 1. The molecule has 142 valence electrons. The predicted octanol–water partition coefficient (Wildman–Crippen LogP) is 4.59. The summed E-state index contributed by atoms with van der Waals surface area (Å²) in [6, 6.07) is 18.5. The fourth-order valence-electron chi connectivity index (χ4n) is 3.39. The highest BCUT2D eigenvalue weighted by Gasteiger charge is 2.25. The first kappa shape index (κ1) is 19.8. The van der Waals surface area contributed by atoms with Crippen LogP contribution in [-0.4, -0.2) is 29.6 Å². The van der Waals surface area contributed by atoms with Gasteiger partial charge >= 0.3 is 0 Å². The molecule has 1 fully saturated rings. The third-order valence-corrected chi connectivity index (χ3v) is 5.55. The molecule has 0 bridgehead atoms. The first-order valence-corrected chi connectivity index (χ1v) is 10.3. The maximum Gasteiger partial charge on any atom is 0.243 e. The SMILES string of the molecule is CC/C(=N/NC(=O)C1CCN(Cc2ccc(Br)cc2)CC1)c1ccccc1. The van der Waals surface area contributed by atoms with Crippen LogP contribution >= 0.6 is 15.9 Å². The van der Waals surface area contributed by atoms with E-state index in [1.54, 1.807) is 0 Å². The van der Waals surface area contributed by atoms with Crippen LogP contribution < -0.4 is 5.43 Å². The van der Waals surface area contributed by atoms with Gasteiger partial charge in [0.2, 0.25) is 5.91 Å². The first-order valence-electron chi connectivity index (χ1n) is 9.54. The van der Waals surface area contributed by atoms with Gasteiger partial charge in [-0.15, -0.1) is 0 Å². The average molecular weight is 428 g/mol. The summed E-state index contributed by atoms with van der Waals surface area (Å²) in [5.74, 6) is 0.0870. The van der Waals surface area contributed by atoms with Gasteiger partial charge in [-0.25, -0.2) is 5.43 Å². The zero-order valence-corrected chi connectivity index (χ0v) is 17.3. The summed E-state index contributed by atoms with van der Waals surface area (Å²) in [5, 5.41) is 4.38. The molecule has 0 unspecified atom stereocenters. The van der Waals surface area contributed by atoms with Crippen molar-refractivity contribution in [3.63, 3.8) is 0 Å². The van der Waals surface area contributed by atoms with Crippen LogP contribution in [-0.2, 0) is 11.3 Å². The van der Waals surface area contributed by atoms with Crippen LogP contribution in [0.1, 0.15) is 37.3 Å². The van der Waals surface area contributed by atoms with Gasteiger partial charge in [0.05, 0.1) is 5.71 Å². The van der Waals surface area contributed by atoms with Crippen LogP contribution in [0.3, 0.4) is 0 Å². The van der Waals surface area contributed by atoms with Crippen molar-refractivity contribution >= 4 is 27.5 Å². The monoisotopic (exact) mass is 427 g/mol. The molecule has 0 atom stereocenters. The molecular formula is C22H26BrN3O. The number of rotatable bonds is 6. The largest absolute Gasteiger partial charge is 0.299 e. The highest BCUT2D eigenvalue weighted by Crippen LogP contribution is 2.20. The van der Waals surface area contributed by atoms with Gasteiger partial charge in [0.25, 0.3) is 0 Å². The zero-order chi connectivity index (χ0) is 19.1. The van der Waals surface area contributed by atoms with E-state index in [1.807, 2.05) is 30.3 Å². The molecule has 1 saturated heterocycles. The Hall–Kier alpha value is -1.98. The van der Waals surface area contributed by atoms with Gasteiger partial charge in [-0.2, -0.15) is 5.10 Å². The molecule has 1 heterocycles. The van der Waals surface area contributed by atoms with Gasteiger partial charge in [0.1, 0.15) is 0 Å². The van der Waals surface area contributed by atoms with Crippen LogP contribution in [0, 0.1) is 5.92 Å². The number of nitrogens with one attached hydrogen (secondary N) is 1. The van der Waals surface area contributed by atoms with E-state index in [0.717, 1.165) is 54.6 Å². The van der Waals surface area contributed by atoms with Crippen molar-refractivity contribution in [1.29, 1.82) is 0 Å². The minimum absolute atomic E-state index is 0.0418. The van der Waals surface area contributed by atoms with Crippen LogP contribution in [0.5, 0.6) is 0 Å². The van der Waals surface area contributed by atoms with Gasteiger partial charge in [-0.05, 0) is 55.6 Å². The van der Waals surface area contributed by atoms with Crippen LogP contribution in [0.15, 0.2) is 64.2 Å². The lowest BCUT2D eigenvalue weighted by molar-refractivity contribution is -0.126. The highest BCUT2D eigenvalue weighted by atomic mass is 79.9. The fraction of sp³-hybridized carbons (Fsp3) is 0.364. The number of piperidine rings is 1. The van der Waals surface area contributed by atoms with Crippen molar-refractivity contribution in [2.75, 3.05) is 13.1 Å². The van der Waals surface area contributed by atoms with Gasteiger partial charge < -0.3 is 0 Å². The number of hydrazone groups is 1. The molecule has 3 rings (SSSR count). The Morgan fingerprint density at radius 1 is 1.11 bits per heavy atom. The Balaban J connectivity index is 1.49. The molecule has 1 aliphatic heterocycles. The first-order chi connectivity index (χ1) is 13.2. The van der Waals surface area contributed by atoms with Crippen LogP contribution in [0.2, 0.25) is 0 Å². The van der Waals surface area contributed by atoms with Gasteiger partial charge in [0.15, 0.2) is 0 Å². The zero-order valence-electron chi connectivity index (χ0n) is 15.7. The molecule has 0 aliphatic carbocycles. The molecule has 2 aromatic carbocycles. The molecule has 4 nitrogen and oxygen atoms in total. The lowest BCUT2D eigenvalue weighted by Crippen LogP contribution is -2.39. The van der Waals surface area contributed by atoms with E-state index in [0.29, 0.717) is 0 Å². The summed E-state index contributed by atoms with van der Waals surface area (Å²) < 4.78 is 1.10. The van der Waals surface area contributed by atoms with Crippen molar-refractivity contribution in [2.45, 2.75) is 32.7 Å². The van der Waals surface area contributed by atoms with Gasteiger partial charge in [0, 0.05) is 16.9 Å². The lowest BCUT2D eigenvalue weighted by Gasteiger charge is -2.31. The number of carbonyl (C=O) groups excluding carboxylic acids is 1. The third kappa shape index (κ3) is 5.75. The number of nitrogens with zero attached hydrogens (tertiary/aromatic N) is 2. The van der Waals surface area contributed by atoms with E-state index in [4.69, 9.17) is 0 Å². The Morgan fingerprint density at radius 3 is 2.41 bits per heavy atom. The Morgan fingerprint density at radius 2 is 1.78 bits per heavy atom. The molecule has 0 aromatic heterocycles. The Labute approximate surface area is 169 Å². The van der Waals surface area contributed by atoms with Crippen molar-refractivity contribution in [3.8, 4) is 0 Å². The predicted molar refractivity (Wildman–Crippen MR) is 114 cm³/mol. The molecular weight excluding hydrogens is 402 g/mol. The normalized spacial score (nSPS) is 16.3. The number of likely N-dealkylation sites (tertiary alicyclic amines) is 1. The van der Waals surface area contributed by atoms with E-state index < -0.39 is 0 Å². The minimum atomic E-state index is 0.0418. The Kier molecular flexibility index (Phi) is 7.18. The number of hydrogen-bond donors (Lipinski definition) is 1. The topological polar surface area (TPSA) is 44.7 Å². The summed E-state index contributed by atoms with van der Waals surface area (Å²) in [6.45, 7) is 4.88. The summed E-state index contributed by atoms with van der Waals surface area (Å²) in [7, 11) is 0. The molecule has 0 saturated carbocycles. The summed E-state index contributed by atoms with van der Waals surface area (Å²) in [6.07, 6.45) is 2.55. The van der Waals surface area contributed by atoms with Crippen molar-refractivity contribution < 1.29 is 4.79 Å². The number of halogens is 1. The lowest BCUT2D eigenvalue weighted by atomic mass is 9.96. The quantitative estimate of drug-likeness (QED) is 0.540. The molecule has 0 spiro atoms. The number of carbonyl (C=O) groups is 1. The fourth-order valence-corrected chi connectivity index (χ4v) is 3.66. The summed E-state index contributed by atoms with van der Waals surface area (Å²) in [4.78, 5) is 14.9. The third-order valence-electron chi connectivity index (χ3n) is 5.02. The maximum atomic E-state index is 12.5. The molecule has 0 radical (unpaired) electrons. The van der Waals surface area contributed by atoms with Crippen molar-refractivity contribution in [3.05, 3.63) is 70.2 Å². The highest BCUT2D eigenvalue weighted by molar-refractivity contribution is 9.10. The Bertz CT molecular complexity index is 766. The van der Waals surface area contributed by atoms with E-state index >= 15 is 0 Å². The summed E-state index contributed by atoms with van der Waals surface area (Å²) in [5.41, 5.74) is 6.08. The second-order valence-electron chi connectivity index (χ2n) is 6.93. The number of hydrogen-bond acceptors (Lipinski definition) is 3. The summed E-state index contributed by atoms with van der Waals surface area (Å²) >= 11 is 3.47. The molecule has 27 heavy (non-hydrogen) atoms.